The molecule has 1 saturated heterocycles. The first-order valence-electron chi connectivity index (χ1n) is 8.68. The second-order valence-electron chi connectivity index (χ2n) is 6.57. The number of hydrogen-bond acceptors (Lipinski definition) is 6. The van der Waals surface area contributed by atoms with E-state index in [2.05, 4.69) is 49.5 Å². The largest absolute Gasteiger partial charge is 0.373 e. The lowest BCUT2D eigenvalue weighted by atomic mass is 10.1. The zero-order valence-corrected chi connectivity index (χ0v) is 14.9. The molecule has 0 aromatic carbocycles. The van der Waals surface area contributed by atoms with Crippen molar-refractivity contribution in [2.24, 2.45) is 0 Å². The van der Waals surface area contributed by atoms with E-state index in [1.807, 2.05) is 19.2 Å². The molecule has 3 heterocycles. The number of amides is 1. The number of rotatable bonds is 6. The molecule has 134 valence electrons. The average Bonchev–Trinajstić information content (AvgIpc) is 3.29. The lowest BCUT2D eigenvalue weighted by molar-refractivity contribution is 0.0946. The minimum Gasteiger partial charge on any atom is -0.373 e. The molecule has 3 N–H and O–H groups in total. The van der Waals surface area contributed by atoms with Crippen LogP contribution < -0.4 is 15.5 Å². The summed E-state index contributed by atoms with van der Waals surface area (Å²) in [7, 11) is 1.84. The van der Waals surface area contributed by atoms with Crippen molar-refractivity contribution in [1.29, 1.82) is 0 Å². The monoisotopic (exact) mass is 343 g/mol. The van der Waals surface area contributed by atoms with Crippen molar-refractivity contribution in [3.63, 3.8) is 0 Å². The predicted octanol–water partition coefficient (Wildman–Crippen LogP) is 1.76. The molecule has 0 spiro atoms. The first-order chi connectivity index (χ1) is 12.1. The lowest BCUT2D eigenvalue weighted by Gasteiger charge is -2.26. The highest BCUT2D eigenvalue weighted by Gasteiger charge is 2.26. The number of anilines is 2. The van der Waals surface area contributed by atoms with Crippen LogP contribution in [0.3, 0.4) is 0 Å². The van der Waals surface area contributed by atoms with Gasteiger partial charge in [0.2, 0.25) is 0 Å². The van der Waals surface area contributed by atoms with Crippen LogP contribution in [0.4, 0.5) is 11.6 Å². The maximum atomic E-state index is 12.3. The number of aromatic nitrogens is 4. The van der Waals surface area contributed by atoms with Crippen LogP contribution in [0.2, 0.25) is 0 Å². The second-order valence-corrected chi connectivity index (χ2v) is 6.57. The summed E-state index contributed by atoms with van der Waals surface area (Å²) in [4.78, 5) is 23.1. The molecule has 8 heteroatoms. The van der Waals surface area contributed by atoms with Gasteiger partial charge in [-0.25, -0.2) is 9.97 Å². The molecule has 1 aliphatic rings. The third-order valence-electron chi connectivity index (χ3n) is 4.53. The maximum Gasteiger partial charge on any atom is 0.271 e. The van der Waals surface area contributed by atoms with Crippen LogP contribution in [-0.2, 0) is 0 Å². The lowest BCUT2D eigenvalue weighted by Crippen LogP contribution is -2.40. The molecule has 0 saturated carbocycles. The van der Waals surface area contributed by atoms with Crippen molar-refractivity contribution >= 4 is 17.5 Å². The molecule has 8 nitrogen and oxygen atoms in total. The van der Waals surface area contributed by atoms with E-state index in [9.17, 15) is 4.79 Å². The van der Waals surface area contributed by atoms with Crippen LogP contribution in [0.15, 0.2) is 18.5 Å². The Morgan fingerprint density at radius 3 is 2.96 bits per heavy atom. The normalized spacial score (nSPS) is 17.1. The molecular weight excluding hydrogens is 318 g/mol. The van der Waals surface area contributed by atoms with E-state index in [4.69, 9.17) is 0 Å². The summed E-state index contributed by atoms with van der Waals surface area (Å²) < 4.78 is 0. The summed E-state index contributed by atoms with van der Waals surface area (Å²) >= 11 is 0. The van der Waals surface area contributed by atoms with Gasteiger partial charge in [-0.15, -0.1) is 0 Å². The summed E-state index contributed by atoms with van der Waals surface area (Å²) in [6.07, 6.45) is 3.67. The summed E-state index contributed by atoms with van der Waals surface area (Å²) in [5.74, 6) is 1.85. The van der Waals surface area contributed by atoms with Gasteiger partial charge in [0.15, 0.2) is 0 Å². The number of hydrogen-bond donors (Lipinski definition) is 3. The molecule has 1 amide bonds. The minimum absolute atomic E-state index is 0.145. The highest BCUT2D eigenvalue weighted by Crippen LogP contribution is 2.24. The third-order valence-corrected chi connectivity index (χ3v) is 4.53. The Bertz CT molecular complexity index is 727. The van der Waals surface area contributed by atoms with Gasteiger partial charge in [-0.1, -0.05) is 13.8 Å². The number of nitrogens with one attached hydrogen (secondary N) is 3. The van der Waals surface area contributed by atoms with Crippen LogP contribution >= 0.6 is 0 Å². The quantitative estimate of drug-likeness (QED) is 0.739. The van der Waals surface area contributed by atoms with E-state index < -0.39 is 0 Å². The van der Waals surface area contributed by atoms with Crippen LogP contribution in [-0.4, -0.2) is 52.3 Å². The van der Waals surface area contributed by atoms with Gasteiger partial charge in [-0.3, -0.25) is 9.89 Å². The fourth-order valence-electron chi connectivity index (χ4n) is 3.04. The summed E-state index contributed by atoms with van der Waals surface area (Å²) in [5, 5.41) is 13.0. The minimum atomic E-state index is -0.145. The highest BCUT2D eigenvalue weighted by atomic mass is 16.1. The zero-order chi connectivity index (χ0) is 17.8. The van der Waals surface area contributed by atoms with Crippen molar-refractivity contribution in [2.75, 3.05) is 30.4 Å². The van der Waals surface area contributed by atoms with E-state index in [-0.39, 0.29) is 11.9 Å². The maximum absolute atomic E-state index is 12.3. The number of carbonyl (C=O) groups is 1. The second kappa shape index (κ2) is 7.50. The topological polar surface area (TPSA) is 98.8 Å². The van der Waals surface area contributed by atoms with E-state index in [1.165, 1.54) is 0 Å². The van der Waals surface area contributed by atoms with Gasteiger partial charge in [0, 0.05) is 37.9 Å². The van der Waals surface area contributed by atoms with Gasteiger partial charge in [0.25, 0.3) is 5.91 Å². The molecular formula is C17H25N7O. The fraction of sp³-hybridized carbons (Fsp3) is 0.529. The van der Waals surface area contributed by atoms with Crippen molar-refractivity contribution in [2.45, 2.75) is 38.6 Å². The van der Waals surface area contributed by atoms with Crippen LogP contribution in [0.25, 0.3) is 0 Å². The first kappa shape index (κ1) is 17.2. The van der Waals surface area contributed by atoms with Crippen molar-refractivity contribution in [3.8, 4) is 0 Å². The molecule has 1 atom stereocenters. The van der Waals surface area contributed by atoms with E-state index in [1.54, 1.807) is 6.33 Å². The molecule has 3 rings (SSSR count). The summed E-state index contributed by atoms with van der Waals surface area (Å²) in [5.41, 5.74) is 1.40. The third kappa shape index (κ3) is 3.89. The summed E-state index contributed by atoms with van der Waals surface area (Å²) in [6.45, 7) is 5.63. The molecule has 2 aromatic heterocycles. The number of aromatic amines is 1. The molecule has 25 heavy (non-hydrogen) atoms. The predicted molar refractivity (Wildman–Crippen MR) is 97.0 cm³/mol. The Morgan fingerprint density at radius 1 is 1.40 bits per heavy atom. The molecule has 0 aliphatic carbocycles. The van der Waals surface area contributed by atoms with Gasteiger partial charge in [0.05, 0.1) is 0 Å². The van der Waals surface area contributed by atoms with Crippen LogP contribution in [0.1, 0.15) is 48.8 Å². The van der Waals surface area contributed by atoms with E-state index in [0.29, 0.717) is 18.2 Å². The SMILES string of the molecule is CNc1cc(N2CCCC2CNC(=O)c2cc(C(C)C)[nH]n2)ncn1. The standard InChI is InChI=1S/C17H25N7O/c1-11(2)13-7-14(23-22-13)17(25)19-9-12-5-4-6-24(12)16-8-15(18-3)20-10-21-16/h7-8,10-12H,4-6,9H2,1-3H3,(H,19,25)(H,22,23)(H,18,20,21). The highest BCUT2D eigenvalue weighted by molar-refractivity contribution is 5.92. The Hall–Kier alpha value is -2.64. The molecule has 2 aromatic rings. The van der Waals surface area contributed by atoms with Crippen molar-refractivity contribution in [1.82, 2.24) is 25.5 Å². The zero-order valence-electron chi connectivity index (χ0n) is 14.9. The van der Waals surface area contributed by atoms with Gasteiger partial charge < -0.3 is 15.5 Å². The number of carbonyl (C=O) groups excluding carboxylic acids is 1. The number of H-pyrrole nitrogens is 1. The molecule has 1 unspecified atom stereocenters. The first-order valence-corrected chi connectivity index (χ1v) is 8.68. The van der Waals surface area contributed by atoms with E-state index >= 15 is 0 Å². The smallest absolute Gasteiger partial charge is 0.271 e. The van der Waals surface area contributed by atoms with Gasteiger partial charge in [-0.05, 0) is 24.8 Å². The molecule has 0 radical (unpaired) electrons. The van der Waals surface area contributed by atoms with Crippen LogP contribution in [0.5, 0.6) is 0 Å². The molecule has 1 aliphatic heterocycles. The Kier molecular flexibility index (Phi) is 5.16. The van der Waals surface area contributed by atoms with Crippen molar-refractivity contribution in [3.05, 3.63) is 29.8 Å². The van der Waals surface area contributed by atoms with E-state index in [0.717, 1.165) is 36.7 Å². The number of nitrogens with zero attached hydrogens (tertiary/aromatic N) is 4. The van der Waals surface area contributed by atoms with Crippen molar-refractivity contribution < 1.29 is 4.79 Å². The molecule has 0 bridgehead atoms. The Morgan fingerprint density at radius 2 is 2.24 bits per heavy atom. The summed E-state index contributed by atoms with van der Waals surface area (Å²) in [6, 6.07) is 3.98. The van der Waals surface area contributed by atoms with Crippen LogP contribution in [0, 0.1) is 0 Å². The van der Waals surface area contributed by atoms with Gasteiger partial charge in [-0.2, -0.15) is 5.10 Å². The fourth-order valence-corrected chi connectivity index (χ4v) is 3.04. The molecule has 1 fully saturated rings. The van der Waals surface area contributed by atoms with Gasteiger partial charge >= 0.3 is 0 Å². The van der Waals surface area contributed by atoms with Gasteiger partial charge in [0.1, 0.15) is 23.7 Å². The Balaban J connectivity index is 1.62. The Labute approximate surface area is 147 Å². The average molecular weight is 343 g/mol.